The number of carbonyl (C=O) groups excluding carboxylic acids is 1. The molecule has 0 saturated heterocycles. The third-order valence-corrected chi connectivity index (χ3v) is 5.83. The number of benzene rings is 3. The Balaban J connectivity index is 1.26. The van der Waals surface area contributed by atoms with Crippen molar-refractivity contribution in [3.63, 3.8) is 0 Å². The molecule has 0 aliphatic carbocycles. The number of ether oxygens (including phenoxy) is 1. The van der Waals surface area contributed by atoms with Crippen LogP contribution < -0.4 is 10.2 Å². The number of hydrogen-bond donors (Lipinski definition) is 1. The molecule has 0 saturated carbocycles. The van der Waals surface area contributed by atoms with Gasteiger partial charge in [0.15, 0.2) is 5.76 Å². The molecule has 2 aromatic heterocycles. The molecule has 0 radical (unpaired) electrons. The van der Waals surface area contributed by atoms with Gasteiger partial charge in [-0.15, -0.1) is 0 Å². The van der Waals surface area contributed by atoms with Gasteiger partial charge in [0.2, 0.25) is 0 Å². The highest BCUT2D eigenvalue weighted by atomic mass is 16.5. The summed E-state index contributed by atoms with van der Waals surface area (Å²) in [7, 11) is 0. The summed E-state index contributed by atoms with van der Waals surface area (Å²) in [4.78, 5) is 12.4. The zero-order chi connectivity index (χ0) is 24.2. The van der Waals surface area contributed by atoms with Crippen molar-refractivity contribution in [1.29, 1.82) is 0 Å². The molecular formula is C29H25N3O3. The van der Waals surface area contributed by atoms with Crippen molar-refractivity contribution in [2.24, 2.45) is 5.10 Å². The minimum Gasteiger partial charge on any atom is -0.489 e. The molecule has 0 unspecified atom stereocenters. The third kappa shape index (κ3) is 4.87. The monoisotopic (exact) mass is 463 g/mol. The van der Waals surface area contributed by atoms with Crippen molar-refractivity contribution < 1.29 is 13.9 Å². The number of furan rings is 1. The van der Waals surface area contributed by atoms with Crippen molar-refractivity contribution in [3.8, 4) is 11.4 Å². The largest absolute Gasteiger partial charge is 0.489 e. The predicted octanol–water partition coefficient (Wildman–Crippen LogP) is 6.18. The number of para-hydroxylation sites is 1. The molecule has 3 aromatic carbocycles. The van der Waals surface area contributed by atoms with E-state index in [0.717, 1.165) is 39.3 Å². The Bertz CT molecular complexity index is 1460. The zero-order valence-corrected chi connectivity index (χ0v) is 19.6. The van der Waals surface area contributed by atoms with E-state index in [0.29, 0.717) is 12.2 Å². The van der Waals surface area contributed by atoms with Gasteiger partial charge in [-0.1, -0.05) is 48.5 Å². The number of aromatic nitrogens is 1. The quantitative estimate of drug-likeness (QED) is 0.231. The Hall–Kier alpha value is -4.58. The second-order valence-corrected chi connectivity index (χ2v) is 8.28. The summed E-state index contributed by atoms with van der Waals surface area (Å²) in [5.41, 5.74) is 8.36. The SMILES string of the molecule is Cc1cc(/C=N/NC(=O)c2cc3ccccc3o2)c(C)n1-c1ccc(OCc2ccccc2)cc1. The van der Waals surface area contributed by atoms with Crippen molar-refractivity contribution in [3.05, 3.63) is 119 Å². The Morgan fingerprint density at radius 2 is 1.71 bits per heavy atom. The third-order valence-electron chi connectivity index (χ3n) is 5.83. The van der Waals surface area contributed by atoms with E-state index in [1.54, 1.807) is 12.3 Å². The molecule has 0 bridgehead atoms. The van der Waals surface area contributed by atoms with Crippen molar-refractivity contribution >= 4 is 23.1 Å². The fourth-order valence-corrected chi connectivity index (χ4v) is 4.06. The maximum Gasteiger partial charge on any atom is 0.307 e. The van der Waals surface area contributed by atoms with Crippen LogP contribution in [0.25, 0.3) is 16.7 Å². The second kappa shape index (κ2) is 9.73. The predicted molar refractivity (Wildman–Crippen MR) is 137 cm³/mol. The maximum absolute atomic E-state index is 12.4. The number of fused-ring (bicyclic) bond motifs is 1. The van der Waals surface area contributed by atoms with E-state index in [2.05, 4.69) is 15.1 Å². The Morgan fingerprint density at radius 1 is 0.971 bits per heavy atom. The van der Waals surface area contributed by atoms with E-state index in [1.165, 1.54) is 0 Å². The minimum atomic E-state index is -0.391. The number of amides is 1. The molecule has 174 valence electrons. The van der Waals surface area contributed by atoms with Gasteiger partial charge in [0.05, 0.1) is 6.21 Å². The van der Waals surface area contributed by atoms with Crippen LogP contribution >= 0.6 is 0 Å². The van der Waals surface area contributed by atoms with Crippen LogP contribution in [0.2, 0.25) is 0 Å². The lowest BCUT2D eigenvalue weighted by atomic mass is 10.2. The fourth-order valence-electron chi connectivity index (χ4n) is 4.06. The normalized spacial score (nSPS) is 11.3. The molecule has 0 fully saturated rings. The van der Waals surface area contributed by atoms with Gasteiger partial charge in [-0.3, -0.25) is 4.79 Å². The van der Waals surface area contributed by atoms with Crippen LogP contribution in [0.5, 0.6) is 5.75 Å². The summed E-state index contributed by atoms with van der Waals surface area (Å²) in [5, 5.41) is 5.02. The van der Waals surface area contributed by atoms with Crippen molar-refractivity contribution in [1.82, 2.24) is 9.99 Å². The van der Waals surface area contributed by atoms with E-state index < -0.39 is 5.91 Å². The number of nitrogens with one attached hydrogen (secondary N) is 1. The molecule has 6 nitrogen and oxygen atoms in total. The van der Waals surface area contributed by atoms with Gasteiger partial charge in [0.1, 0.15) is 17.9 Å². The first kappa shape index (κ1) is 22.2. The molecule has 0 aliphatic heterocycles. The second-order valence-electron chi connectivity index (χ2n) is 8.28. The number of rotatable bonds is 7. The minimum absolute atomic E-state index is 0.225. The van der Waals surface area contributed by atoms with Crippen molar-refractivity contribution in [2.75, 3.05) is 0 Å². The molecule has 1 amide bonds. The van der Waals surface area contributed by atoms with Gasteiger partial charge in [-0.05, 0) is 61.9 Å². The standard InChI is InChI=1S/C29H25N3O3/c1-20-16-24(18-30-31-29(33)28-17-23-10-6-7-11-27(23)35-28)21(2)32(20)25-12-14-26(15-13-25)34-19-22-8-4-3-5-9-22/h3-18H,19H2,1-2H3,(H,31,33)/b30-18+. The van der Waals surface area contributed by atoms with Gasteiger partial charge >= 0.3 is 5.91 Å². The van der Waals surface area contributed by atoms with E-state index in [-0.39, 0.29) is 5.76 Å². The van der Waals surface area contributed by atoms with Crippen LogP contribution in [0.3, 0.4) is 0 Å². The van der Waals surface area contributed by atoms with E-state index in [1.807, 2.05) is 98.8 Å². The molecule has 1 N–H and O–H groups in total. The number of hydrazone groups is 1. The molecule has 35 heavy (non-hydrogen) atoms. The molecule has 0 aliphatic rings. The molecule has 6 heteroatoms. The zero-order valence-electron chi connectivity index (χ0n) is 19.6. The van der Waals surface area contributed by atoms with Gasteiger partial charge < -0.3 is 13.7 Å². The highest BCUT2D eigenvalue weighted by molar-refractivity contribution is 5.96. The first-order valence-corrected chi connectivity index (χ1v) is 11.4. The van der Waals surface area contributed by atoms with Gasteiger partial charge in [0, 0.05) is 28.0 Å². The van der Waals surface area contributed by atoms with Gasteiger partial charge in [-0.25, -0.2) is 5.43 Å². The highest BCUT2D eigenvalue weighted by Crippen LogP contribution is 2.23. The lowest BCUT2D eigenvalue weighted by Gasteiger charge is -2.11. The van der Waals surface area contributed by atoms with E-state index in [4.69, 9.17) is 9.15 Å². The topological polar surface area (TPSA) is 68.8 Å². The molecule has 5 rings (SSSR count). The number of aryl methyl sites for hydroxylation is 1. The molecular weight excluding hydrogens is 438 g/mol. The first-order valence-electron chi connectivity index (χ1n) is 11.4. The lowest BCUT2D eigenvalue weighted by molar-refractivity contribution is 0.0929. The summed E-state index contributed by atoms with van der Waals surface area (Å²) < 4.78 is 13.6. The number of carbonyl (C=O) groups is 1. The van der Waals surface area contributed by atoms with Crippen LogP contribution in [0.15, 0.2) is 101 Å². The van der Waals surface area contributed by atoms with Crippen LogP contribution in [-0.2, 0) is 6.61 Å². The Labute approximate surface area is 203 Å². The van der Waals surface area contributed by atoms with Crippen LogP contribution in [0.1, 0.15) is 33.1 Å². The molecule has 0 atom stereocenters. The Morgan fingerprint density at radius 3 is 2.49 bits per heavy atom. The summed E-state index contributed by atoms with van der Waals surface area (Å²) in [6, 6.07) is 29.3. The highest BCUT2D eigenvalue weighted by Gasteiger charge is 2.12. The van der Waals surface area contributed by atoms with Gasteiger partial charge in [-0.2, -0.15) is 5.10 Å². The van der Waals surface area contributed by atoms with Crippen molar-refractivity contribution in [2.45, 2.75) is 20.5 Å². The van der Waals surface area contributed by atoms with Crippen LogP contribution in [0.4, 0.5) is 0 Å². The number of nitrogens with zero attached hydrogens (tertiary/aromatic N) is 2. The summed E-state index contributed by atoms with van der Waals surface area (Å²) in [6.45, 7) is 4.59. The average molecular weight is 464 g/mol. The van der Waals surface area contributed by atoms with Gasteiger partial charge in [0.25, 0.3) is 0 Å². The fraction of sp³-hybridized carbons (Fsp3) is 0.103. The first-order chi connectivity index (χ1) is 17.1. The summed E-state index contributed by atoms with van der Waals surface area (Å²) in [6.07, 6.45) is 1.65. The van der Waals surface area contributed by atoms with Crippen LogP contribution in [-0.4, -0.2) is 16.7 Å². The number of hydrogen-bond acceptors (Lipinski definition) is 4. The molecule has 2 heterocycles. The van der Waals surface area contributed by atoms with E-state index in [9.17, 15) is 4.79 Å². The average Bonchev–Trinajstić information content (AvgIpc) is 3.44. The smallest absolute Gasteiger partial charge is 0.307 e. The maximum atomic E-state index is 12.4. The molecule has 5 aromatic rings. The van der Waals surface area contributed by atoms with E-state index >= 15 is 0 Å². The Kier molecular flexibility index (Phi) is 6.18. The molecule has 0 spiro atoms. The lowest BCUT2D eigenvalue weighted by Crippen LogP contribution is -2.16. The summed E-state index contributed by atoms with van der Waals surface area (Å²) >= 11 is 0. The van der Waals surface area contributed by atoms with Crippen LogP contribution in [0, 0.1) is 13.8 Å². The summed E-state index contributed by atoms with van der Waals surface area (Å²) in [5.74, 6) is 0.649.